The number of nitrogens with zero attached hydrogens (tertiary/aromatic N) is 2. The van der Waals surface area contributed by atoms with Gasteiger partial charge in [-0.05, 0) is 18.2 Å². The van der Waals surface area contributed by atoms with E-state index in [-0.39, 0.29) is 11.5 Å². The Balaban J connectivity index is 1.80. The van der Waals surface area contributed by atoms with E-state index < -0.39 is 0 Å². The van der Waals surface area contributed by atoms with Gasteiger partial charge < -0.3 is 4.57 Å². The van der Waals surface area contributed by atoms with Crippen LogP contribution >= 0.6 is 27.3 Å². The second-order valence-corrected chi connectivity index (χ2v) is 6.64. The summed E-state index contributed by atoms with van der Waals surface area (Å²) in [5.74, 6) is -0.349. The molecule has 3 aromatic rings. The summed E-state index contributed by atoms with van der Waals surface area (Å²) < 4.78 is 2.37. The van der Waals surface area contributed by atoms with Gasteiger partial charge >= 0.3 is 0 Å². The predicted molar refractivity (Wildman–Crippen MR) is 94.9 cm³/mol. The lowest BCUT2D eigenvalue weighted by Crippen LogP contribution is -2.19. The molecule has 0 bridgehead atoms. The van der Waals surface area contributed by atoms with Crippen LogP contribution in [0.1, 0.15) is 10.4 Å². The average Bonchev–Trinajstić information content (AvgIpc) is 2.98. The van der Waals surface area contributed by atoms with Crippen molar-refractivity contribution in [2.45, 2.75) is 0 Å². The van der Waals surface area contributed by atoms with Gasteiger partial charge in [-0.1, -0.05) is 28.1 Å². The quantitative estimate of drug-likeness (QED) is 0.744. The Morgan fingerprint density at radius 2 is 2.13 bits per heavy atom. The van der Waals surface area contributed by atoms with Crippen molar-refractivity contribution in [3.63, 3.8) is 0 Å². The summed E-state index contributed by atoms with van der Waals surface area (Å²) in [6, 6.07) is 10.7. The van der Waals surface area contributed by atoms with Gasteiger partial charge in [-0.15, -0.1) is 11.3 Å². The highest BCUT2D eigenvalue weighted by Gasteiger charge is 2.11. The van der Waals surface area contributed by atoms with Crippen molar-refractivity contribution in [1.29, 1.82) is 0 Å². The van der Waals surface area contributed by atoms with Gasteiger partial charge in [0.2, 0.25) is 0 Å². The Morgan fingerprint density at radius 1 is 1.30 bits per heavy atom. The first-order valence-electron chi connectivity index (χ1n) is 6.72. The number of pyridine rings is 1. The number of halogens is 1. The van der Waals surface area contributed by atoms with Crippen LogP contribution in [0.25, 0.3) is 11.3 Å². The molecule has 3 rings (SSSR count). The fourth-order valence-electron chi connectivity index (χ4n) is 1.97. The fourth-order valence-corrected chi connectivity index (χ4v) is 3.08. The van der Waals surface area contributed by atoms with Crippen LogP contribution in [0.3, 0.4) is 0 Å². The third-order valence-electron chi connectivity index (χ3n) is 3.21. The van der Waals surface area contributed by atoms with Crippen molar-refractivity contribution in [1.82, 2.24) is 9.55 Å². The second kappa shape index (κ2) is 6.47. The van der Waals surface area contributed by atoms with Gasteiger partial charge in [0.1, 0.15) is 0 Å². The van der Waals surface area contributed by atoms with E-state index in [9.17, 15) is 9.59 Å². The van der Waals surface area contributed by atoms with Crippen molar-refractivity contribution in [3.8, 4) is 11.3 Å². The van der Waals surface area contributed by atoms with Crippen molar-refractivity contribution in [3.05, 3.63) is 68.4 Å². The van der Waals surface area contributed by atoms with Crippen molar-refractivity contribution >= 4 is 38.3 Å². The lowest BCUT2D eigenvalue weighted by Gasteiger charge is -2.02. The van der Waals surface area contributed by atoms with Gasteiger partial charge in [-0.25, -0.2) is 4.98 Å². The number of aryl methyl sites for hydroxylation is 1. The number of hydrogen-bond acceptors (Lipinski definition) is 4. The minimum absolute atomic E-state index is 0.230. The number of thiazole rings is 1. The Hall–Kier alpha value is -2.25. The minimum atomic E-state index is -0.349. The number of anilines is 1. The van der Waals surface area contributed by atoms with Crippen LogP contribution in [0, 0.1) is 0 Å². The zero-order valence-corrected chi connectivity index (χ0v) is 14.5. The van der Waals surface area contributed by atoms with E-state index in [0.717, 1.165) is 15.7 Å². The monoisotopic (exact) mass is 389 g/mol. The molecule has 0 radical (unpaired) electrons. The largest absolute Gasteiger partial charge is 0.319 e. The van der Waals surface area contributed by atoms with E-state index in [1.54, 1.807) is 19.3 Å². The highest BCUT2D eigenvalue weighted by Crippen LogP contribution is 2.27. The molecule has 0 atom stereocenters. The summed E-state index contributed by atoms with van der Waals surface area (Å²) >= 11 is 4.76. The van der Waals surface area contributed by atoms with Crippen LogP contribution in [-0.2, 0) is 7.05 Å². The number of carbonyl (C=O) groups excluding carboxylic acids is 1. The first kappa shape index (κ1) is 15.6. The molecule has 116 valence electrons. The topological polar surface area (TPSA) is 64.0 Å². The molecule has 2 heterocycles. The molecule has 0 unspecified atom stereocenters. The maximum absolute atomic E-state index is 12.2. The molecule has 0 fully saturated rings. The highest BCUT2D eigenvalue weighted by molar-refractivity contribution is 9.10. The molecular formula is C16H12BrN3O2S. The third-order valence-corrected chi connectivity index (χ3v) is 4.46. The zero-order chi connectivity index (χ0) is 16.4. The summed E-state index contributed by atoms with van der Waals surface area (Å²) in [4.78, 5) is 28.2. The molecule has 0 aliphatic rings. The summed E-state index contributed by atoms with van der Waals surface area (Å²) in [7, 11) is 1.63. The average molecular weight is 390 g/mol. The highest BCUT2D eigenvalue weighted by atomic mass is 79.9. The van der Waals surface area contributed by atoms with Crippen molar-refractivity contribution in [2.24, 2.45) is 7.05 Å². The molecule has 23 heavy (non-hydrogen) atoms. The minimum Gasteiger partial charge on any atom is -0.319 e. The van der Waals surface area contributed by atoms with Crippen molar-refractivity contribution < 1.29 is 4.79 Å². The number of amides is 1. The smallest absolute Gasteiger partial charge is 0.257 e. The molecule has 0 saturated carbocycles. The summed E-state index contributed by atoms with van der Waals surface area (Å²) in [5.41, 5.74) is 1.83. The Kier molecular flexibility index (Phi) is 4.40. The molecule has 1 aromatic carbocycles. The van der Waals surface area contributed by atoms with Crippen LogP contribution in [0.4, 0.5) is 5.13 Å². The van der Waals surface area contributed by atoms with Crippen LogP contribution in [0.5, 0.6) is 0 Å². The molecule has 5 nitrogen and oxygen atoms in total. The SMILES string of the molecule is Cn1ccc(C(=O)Nc2nc(-c3cccc(Br)c3)cs2)cc1=O. The van der Waals surface area contributed by atoms with E-state index in [1.165, 1.54) is 22.0 Å². The van der Waals surface area contributed by atoms with Crippen molar-refractivity contribution in [2.75, 3.05) is 5.32 Å². The lowest BCUT2D eigenvalue weighted by atomic mass is 10.2. The van der Waals surface area contributed by atoms with Gasteiger partial charge in [0, 0.05) is 40.3 Å². The molecule has 1 amide bonds. The lowest BCUT2D eigenvalue weighted by molar-refractivity contribution is 0.102. The molecule has 0 spiro atoms. The van der Waals surface area contributed by atoms with E-state index in [1.807, 2.05) is 29.6 Å². The number of benzene rings is 1. The maximum Gasteiger partial charge on any atom is 0.257 e. The van der Waals surface area contributed by atoms with E-state index in [4.69, 9.17) is 0 Å². The number of carbonyl (C=O) groups is 1. The van der Waals surface area contributed by atoms with Gasteiger partial charge in [-0.3, -0.25) is 14.9 Å². The first-order valence-corrected chi connectivity index (χ1v) is 8.40. The van der Waals surface area contributed by atoms with E-state index in [2.05, 4.69) is 26.2 Å². The Bertz CT molecular complexity index is 933. The second-order valence-electron chi connectivity index (χ2n) is 4.87. The zero-order valence-electron chi connectivity index (χ0n) is 12.1. The van der Waals surface area contributed by atoms with Crippen LogP contribution in [0.2, 0.25) is 0 Å². The Labute approximate surface area is 144 Å². The normalized spacial score (nSPS) is 10.5. The first-order chi connectivity index (χ1) is 11.0. The van der Waals surface area contributed by atoms with Gasteiger partial charge in [0.05, 0.1) is 5.69 Å². The molecule has 0 aliphatic heterocycles. The number of rotatable bonds is 3. The fraction of sp³-hybridized carbons (Fsp3) is 0.0625. The summed E-state index contributed by atoms with van der Waals surface area (Å²) in [5, 5.41) is 5.09. The van der Waals surface area contributed by atoms with Crippen LogP contribution in [0.15, 0.2) is 57.2 Å². The standard InChI is InChI=1S/C16H12BrN3O2S/c1-20-6-5-11(8-14(20)21)15(22)19-16-18-13(9-23-16)10-3-2-4-12(17)7-10/h2-9H,1H3,(H,18,19,22). The number of nitrogens with one attached hydrogen (secondary N) is 1. The van der Waals surface area contributed by atoms with E-state index in [0.29, 0.717) is 10.7 Å². The molecule has 0 aliphatic carbocycles. The molecule has 0 saturated heterocycles. The molecule has 1 N–H and O–H groups in total. The Morgan fingerprint density at radius 3 is 2.87 bits per heavy atom. The number of aromatic nitrogens is 2. The molecular weight excluding hydrogens is 378 g/mol. The van der Waals surface area contributed by atoms with Crippen LogP contribution < -0.4 is 10.9 Å². The predicted octanol–water partition coefficient (Wildman–Crippen LogP) is 3.52. The van der Waals surface area contributed by atoms with Gasteiger partial charge in [0.25, 0.3) is 11.5 Å². The summed E-state index contributed by atoms with van der Waals surface area (Å²) in [6.45, 7) is 0. The van der Waals surface area contributed by atoms with Gasteiger partial charge in [-0.2, -0.15) is 0 Å². The molecule has 2 aromatic heterocycles. The number of hydrogen-bond donors (Lipinski definition) is 1. The van der Waals surface area contributed by atoms with Gasteiger partial charge in [0.15, 0.2) is 5.13 Å². The third kappa shape index (κ3) is 3.57. The van der Waals surface area contributed by atoms with E-state index >= 15 is 0 Å². The van der Waals surface area contributed by atoms with Crippen LogP contribution in [-0.4, -0.2) is 15.5 Å². The molecule has 7 heteroatoms. The summed E-state index contributed by atoms with van der Waals surface area (Å²) in [6.07, 6.45) is 1.56. The maximum atomic E-state index is 12.2.